The predicted molar refractivity (Wildman–Crippen MR) is 54.5 cm³/mol. The zero-order valence-corrected chi connectivity index (χ0v) is 8.81. The molecule has 1 N–H and O–H groups in total. The second kappa shape index (κ2) is 7.92. The van der Waals surface area contributed by atoms with Crippen LogP contribution in [0.5, 0.6) is 0 Å². The minimum absolute atomic E-state index is 0.104. The van der Waals surface area contributed by atoms with Crippen LogP contribution in [0.15, 0.2) is 12.2 Å². The van der Waals surface area contributed by atoms with Crippen molar-refractivity contribution in [3.05, 3.63) is 12.2 Å². The van der Waals surface area contributed by atoms with Crippen molar-refractivity contribution in [3.63, 3.8) is 0 Å². The molecule has 0 radical (unpaired) electrons. The third-order valence-corrected chi connectivity index (χ3v) is 2.08. The maximum absolute atomic E-state index is 12.9. The average Bonchev–Trinajstić information content (AvgIpc) is 2.15. The Morgan fingerprint density at radius 2 is 1.79 bits per heavy atom. The van der Waals surface area contributed by atoms with Gasteiger partial charge in [0.25, 0.3) is 5.92 Å². The molecule has 0 saturated carbocycles. The highest BCUT2D eigenvalue weighted by Gasteiger charge is 2.23. The number of rotatable bonds is 8. The van der Waals surface area contributed by atoms with Gasteiger partial charge in [0.1, 0.15) is 0 Å². The van der Waals surface area contributed by atoms with Gasteiger partial charge < -0.3 is 5.11 Å². The van der Waals surface area contributed by atoms with Gasteiger partial charge in [-0.1, -0.05) is 38.7 Å². The van der Waals surface area contributed by atoms with Gasteiger partial charge in [-0.2, -0.15) is 0 Å². The molecule has 1 nitrogen and oxygen atoms in total. The van der Waals surface area contributed by atoms with Crippen LogP contribution in [-0.2, 0) is 0 Å². The first kappa shape index (κ1) is 13.6. The number of allylic oxidation sites excluding steroid dienone is 1. The lowest BCUT2D eigenvalue weighted by Crippen LogP contribution is -2.11. The molecule has 0 saturated heterocycles. The molecule has 14 heavy (non-hydrogen) atoms. The highest BCUT2D eigenvalue weighted by Crippen LogP contribution is 2.23. The molecule has 0 aromatic heterocycles. The van der Waals surface area contributed by atoms with E-state index >= 15 is 0 Å². The summed E-state index contributed by atoms with van der Waals surface area (Å²) in [6.45, 7) is 1.78. The van der Waals surface area contributed by atoms with Crippen LogP contribution in [0.25, 0.3) is 0 Å². The van der Waals surface area contributed by atoms with Crippen molar-refractivity contribution >= 4 is 0 Å². The molecule has 0 rings (SSSR count). The lowest BCUT2D eigenvalue weighted by Gasteiger charge is -2.10. The molecule has 0 aliphatic carbocycles. The average molecular weight is 206 g/mol. The highest BCUT2D eigenvalue weighted by molar-refractivity contribution is 4.94. The molecule has 0 fully saturated rings. The summed E-state index contributed by atoms with van der Waals surface area (Å²) in [6, 6.07) is 0. The van der Waals surface area contributed by atoms with Gasteiger partial charge in [-0.3, -0.25) is 0 Å². The lowest BCUT2D eigenvalue weighted by molar-refractivity contribution is 0.0420. The maximum atomic E-state index is 12.9. The van der Waals surface area contributed by atoms with E-state index < -0.39 is 5.92 Å². The lowest BCUT2D eigenvalue weighted by atomic mass is 10.1. The number of aliphatic hydroxyl groups excluding tert-OH is 1. The summed E-state index contributed by atoms with van der Waals surface area (Å²) in [5.41, 5.74) is 0. The van der Waals surface area contributed by atoms with E-state index in [9.17, 15) is 8.78 Å². The summed E-state index contributed by atoms with van der Waals surface area (Å²) in [4.78, 5) is 0. The van der Waals surface area contributed by atoms with Crippen LogP contribution in [0.2, 0.25) is 0 Å². The van der Waals surface area contributed by atoms with Crippen molar-refractivity contribution in [2.75, 3.05) is 6.61 Å². The fourth-order valence-electron chi connectivity index (χ4n) is 1.27. The Hall–Kier alpha value is -0.440. The van der Waals surface area contributed by atoms with Gasteiger partial charge in [0.05, 0.1) is 6.61 Å². The zero-order chi connectivity index (χ0) is 10.9. The third-order valence-electron chi connectivity index (χ3n) is 2.08. The first-order valence-electron chi connectivity index (χ1n) is 5.29. The quantitative estimate of drug-likeness (QED) is 0.476. The summed E-state index contributed by atoms with van der Waals surface area (Å²) in [5.74, 6) is -2.74. The Bertz CT molecular complexity index is 155. The van der Waals surface area contributed by atoms with Gasteiger partial charge in [0.15, 0.2) is 0 Å². The van der Waals surface area contributed by atoms with Crippen LogP contribution in [0, 0.1) is 0 Å². The maximum Gasteiger partial charge on any atom is 0.266 e. The van der Waals surface area contributed by atoms with Crippen molar-refractivity contribution in [1.29, 1.82) is 0 Å². The Morgan fingerprint density at radius 3 is 2.36 bits per heavy atom. The van der Waals surface area contributed by atoms with Crippen molar-refractivity contribution < 1.29 is 13.9 Å². The van der Waals surface area contributed by atoms with Crippen LogP contribution < -0.4 is 0 Å². The van der Waals surface area contributed by atoms with Crippen LogP contribution in [0.3, 0.4) is 0 Å². The van der Waals surface area contributed by atoms with E-state index in [1.165, 1.54) is 0 Å². The molecule has 0 aromatic rings. The minimum Gasteiger partial charge on any atom is -0.392 e. The molecular formula is C11H20F2O. The molecule has 0 aliphatic heterocycles. The normalized spacial score (nSPS) is 12.6. The molecule has 0 aliphatic rings. The van der Waals surface area contributed by atoms with Gasteiger partial charge in [0.2, 0.25) is 0 Å². The van der Waals surface area contributed by atoms with Crippen molar-refractivity contribution in [2.24, 2.45) is 0 Å². The highest BCUT2D eigenvalue weighted by atomic mass is 19.3. The van der Waals surface area contributed by atoms with E-state index in [2.05, 4.69) is 6.92 Å². The van der Waals surface area contributed by atoms with Gasteiger partial charge in [-0.15, -0.1) is 0 Å². The van der Waals surface area contributed by atoms with Gasteiger partial charge >= 0.3 is 0 Å². The van der Waals surface area contributed by atoms with Crippen molar-refractivity contribution in [2.45, 2.75) is 51.4 Å². The summed E-state index contributed by atoms with van der Waals surface area (Å²) >= 11 is 0. The van der Waals surface area contributed by atoms with Gasteiger partial charge in [-0.05, 0) is 12.5 Å². The second-order valence-corrected chi connectivity index (χ2v) is 3.51. The summed E-state index contributed by atoms with van der Waals surface area (Å²) in [5, 5.41) is 8.35. The minimum atomic E-state index is -2.74. The molecule has 0 amide bonds. The Balaban J connectivity index is 3.50. The summed E-state index contributed by atoms with van der Waals surface area (Å²) in [7, 11) is 0. The second-order valence-electron chi connectivity index (χ2n) is 3.51. The monoisotopic (exact) mass is 206 g/mol. The summed E-state index contributed by atoms with van der Waals surface area (Å²) in [6.07, 6.45) is 6.51. The van der Waals surface area contributed by atoms with Gasteiger partial charge in [0, 0.05) is 6.42 Å². The van der Waals surface area contributed by atoms with E-state index in [0.717, 1.165) is 37.8 Å². The Labute approximate surface area is 84.8 Å². The summed E-state index contributed by atoms with van der Waals surface area (Å²) < 4.78 is 25.8. The smallest absolute Gasteiger partial charge is 0.266 e. The number of alkyl halides is 2. The number of unbranched alkanes of at least 4 members (excludes halogenated alkanes) is 4. The zero-order valence-electron chi connectivity index (χ0n) is 8.81. The number of halogens is 2. The molecular weight excluding hydrogens is 186 g/mol. The molecule has 0 bridgehead atoms. The standard InChI is InChI=1S/C11H20F2O/c1-2-3-4-5-6-8-11(12,13)9-7-10-14/h7,9,14H,2-6,8,10H2,1H3. The fraction of sp³-hybridized carbons (Fsp3) is 0.818. The molecule has 84 valence electrons. The first-order valence-corrected chi connectivity index (χ1v) is 5.29. The molecule has 0 heterocycles. The molecule has 0 atom stereocenters. The number of hydrogen-bond acceptors (Lipinski definition) is 1. The van der Waals surface area contributed by atoms with E-state index in [4.69, 9.17) is 5.11 Å². The fourth-order valence-corrected chi connectivity index (χ4v) is 1.27. The number of aliphatic hydroxyl groups is 1. The van der Waals surface area contributed by atoms with E-state index in [0.29, 0.717) is 6.42 Å². The molecule has 0 aromatic carbocycles. The van der Waals surface area contributed by atoms with E-state index in [1.807, 2.05) is 0 Å². The molecule has 0 spiro atoms. The van der Waals surface area contributed by atoms with Crippen LogP contribution in [-0.4, -0.2) is 17.6 Å². The van der Waals surface area contributed by atoms with Crippen molar-refractivity contribution in [1.82, 2.24) is 0 Å². The van der Waals surface area contributed by atoms with Crippen LogP contribution >= 0.6 is 0 Å². The first-order chi connectivity index (χ1) is 6.62. The third kappa shape index (κ3) is 8.17. The SMILES string of the molecule is CCCCCCCC(F)(F)C=CCO. The van der Waals surface area contributed by atoms with Gasteiger partial charge in [-0.25, -0.2) is 8.78 Å². The van der Waals surface area contributed by atoms with Crippen LogP contribution in [0.4, 0.5) is 8.78 Å². The largest absolute Gasteiger partial charge is 0.392 e. The van der Waals surface area contributed by atoms with E-state index in [1.54, 1.807) is 0 Å². The number of hydrogen-bond donors (Lipinski definition) is 1. The van der Waals surface area contributed by atoms with E-state index in [-0.39, 0.29) is 13.0 Å². The Kier molecular flexibility index (Phi) is 7.67. The predicted octanol–water partition coefficient (Wildman–Crippen LogP) is 3.53. The molecule has 0 unspecified atom stereocenters. The Morgan fingerprint density at radius 1 is 1.14 bits per heavy atom. The van der Waals surface area contributed by atoms with Crippen LogP contribution in [0.1, 0.15) is 45.4 Å². The topological polar surface area (TPSA) is 20.2 Å². The van der Waals surface area contributed by atoms with Crippen molar-refractivity contribution in [3.8, 4) is 0 Å². The molecule has 3 heteroatoms.